The van der Waals surface area contributed by atoms with Crippen LogP contribution in [0.3, 0.4) is 0 Å². The summed E-state index contributed by atoms with van der Waals surface area (Å²) in [6.45, 7) is 3.76. The molecule has 4 N–H and O–H groups in total. The average molecular weight is 609 g/mol. The summed E-state index contributed by atoms with van der Waals surface area (Å²) in [5.41, 5.74) is 6.44. The van der Waals surface area contributed by atoms with Crippen molar-refractivity contribution in [2.75, 3.05) is 0 Å². The second-order valence-electron chi connectivity index (χ2n) is 10.8. The molecule has 2 atom stereocenters. The van der Waals surface area contributed by atoms with Crippen LogP contribution in [0.2, 0.25) is 0 Å². The minimum Gasteiger partial charge on any atom is -0.346 e. The van der Waals surface area contributed by atoms with E-state index < -0.39 is 0 Å². The van der Waals surface area contributed by atoms with Gasteiger partial charge in [0, 0.05) is 23.5 Å². The van der Waals surface area contributed by atoms with Crippen LogP contribution in [0.15, 0.2) is 110 Å². The molecular formula is C36H32N8O2. The molecule has 0 saturated heterocycles. The normalized spacial score (nSPS) is 12.3. The van der Waals surface area contributed by atoms with Crippen molar-refractivity contribution in [3.63, 3.8) is 0 Å². The molecule has 2 aromatic carbocycles. The molecule has 0 fully saturated rings. The first kappa shape index (κ1) is 30.1. The number of carbonyl (C=O) groups excluding carboxylic acids is 2. The lowest BCUT2D eigenvalue weighted by molar-refractivity contribution is -0.119. The molecule has 4 aromatic heterocycles. The Kier molecular flexibility index (Phi) is 9.05. The highest BCUT2D eigenvalue weighted by Gasteiger charge is 2.16. The molecule has 2 amide bonds. The third kappa shape index (κ3) is 7.41. The van der Waals surface area contributed by atoms with Gasteiger partial charge in [0.25, 0.3) is 0 Å². The van der Waals surface area contributed by atoms with Crippen molar-refractivity contribution in [2.24, 2.45) is 0 Å². The maximum atomic E-state index is 12.4. The number of carbonyl (C=O) groups is 2. The summed E-state index contributed by atoms with van der Waals surface area (Å²) in [7, 11) is 0. The summed E-state index contributed by atoms with van der Waals surface area (Å²) in [6, 6.07) is 26.0. The molecule has 46 heavy (non-hydrogen) atoms. The first-order chi connectivity index (χ1) is 22.4. The Bertz CT molecular complexity index is 1760. The van der Waals surface area contributed by atoms with E-state index in [0.717, 1.165) is 45.0 Å². The van der Waals surface area contributed by atoms with Crippen LogP contribution < -0.4 is 10.6 Å². The molecule has 4 heterocycles. The summed E-state index contributed by atoms with van der Waals surface area (Å²) in [6.07, 6.45) is 10.1. The number of nitrogens with zero attached hydrogens (tertiary/aromatic N) is 4. The maximum Gasteiger partial charge on any atom is 0.229 e. The van der Waals surface area contributed by atoms with Gasteiger partial charge in [-0.05, 0) is 49.2 Å². The van der Waals surface area contributed by atoms with Crippen molar-refractivity contribution < 1.29 is 9.59 Å². The largest absolute Gasteiger partial charge is 0.346 e. The Labute approximate surface area is 266 Å². The predicted octanol–water partition coefficient (Wildman–Crippen LogP) is 5.78. The molecule has 0 aliphatic heterocycles. The van der Waals surface area contributed by atoms with Gasteiger partial charge in [0.2, 0.25) is 11.8 Å². The van der Waals surface area contributed by atoms with Crippen molar-refractivity contribution >= 4 is 11.8 Å². The van der Waals surface area contributed by atoms with E-state index in [0.29, 0.717) is 11.6 Å². The zero-order valence-corrected chi connectivity index (χ0v) is 25.3. The molecule has 2 radical (unpaired) electrons. The van der Waals surface area contributed by atoms with Crippen molar-refractivity contribution in [3.8, 4) is 33.9 Å². The van der Waals surface area contributed by atoms with E-state index in [9.17, 15) is 9.59 Å². The maximum absolute atomic E-state index is 12.4. The number of nitrogens with one attached hydrogen (secondary N) is 4. The fourth-order valence-electron chi connectivity index (χ4n) is 4.86. The van der Waals surface area contributed by atoms with Crippen molar-refractivity contribution in [1.29, 1.82) is 0 Å². The molecule has 0 aliphatic carbocycles. The van der Waals surface area contributed by atoms with Gasteiger partial charge in [-0.15, -0.1) is 0 Å². The highest BCUT2D eigenvalue weighted by molar-refractivity contribution is 5.89. The average Bonchev–Trinajstić information content (AvgIpc) is 3.77. The highest BCUT2D eigenvalue weighted by Crippen LogP contribution is 2.24. The monoisotopic (exact) mass is 608 g/mol. The second kappa shape index (κ2) is 13.8. The summed E-state index contributed by atoms with van der Waals surface area (Å²) in [5.74, 6) is 0.918. The topological polar surface area (TPSA) is 141 Å². The number of amides is 2. The molecule has 10 nitrogen and oxygen atoms in total. The first-order valence-electron chi connectivity index (χ1n) is 14.8. The van der Waals surface area contributed by atoms with Gasteiger partial charge in [-0.3, -0.25) is 19.6 Å². The quantitative estimate of drug-likeness (QED) is 0.147. The standard InChI is InChI=1S/C36H32N8O2/c1-23(41-33(45)17-25-9-5-3-6-10-25)35-39-21-31(43-35)27-13-15-29(37-19-27)30-16-14-28(20-38-30)32-22-40-36(44-32)24(2)42-34(46)18-26-11-7-4-8-12-26/h3-24H,1-2H3,(H,39,43)(H,40,44)(H,41,45)(H,42,46)/t23-,24?/m0/s1. The Morgan fingerprint density at radius 2 is 0.978 bits per heavy atom. The number of aromatic nitrogens is 6. The zero-order chi connectivity index (χ0) is 31.9. The smallest absolute Gasteiger partial charge is 0.229 e. The van der Waals surface area contributed by atoms with Crippen LogP contribution in [0, 0.1) is 12.8 Å². The number of pyridine rings is 2. The van der Waals surface area contributed by atoms with E-state index in [1.165, 1.54) is 0 Å². The third-order valence-corrected chi connectivity index (χ3v) is 7.33. The molecule has 0 saturated carbocycles. The summed E-state index contributed by atoms with van der Waals surface area (Å²) in [4.78, 5) is 49.6. The SMILES string of the molecule is CC(NC(=O)[CH]c1ccccc1)c1ncc(-c2ccc(-c3ccc(-c4cnc([C@H](C)NC(=O)[CH]c5ccccc5)[nH]4)cn3)nc2)[nH]1. The van der Waals surface area contributed by atoms with Gasteiger partial charge in [-0.2, -0.15) is 0 Å². The van der Waals surface area contributed by atoms with E-state index in [4.69, 9.17) is 0 Å². The Morgan fingerprint density at radius 3 is 1.35 bits per heavy atom. The predicted molar refractivity (Wildman–Crippen MR) is 175 cm³/mol. The van der Waals surface area contributed by atoms with Crippen LogP contribution >= 0.6 is 0 Å². The Balaban J connectivity index is 1.04. The van der Waals surface area contributed by atoms with E-state index in [1.54, 1.807) is 37.6 Å². The van der Waals surface area contributed by atoms with Crippen LogP contribution in [0.25, 0.3) is 33.9 Å². The van der Waals surface area contributed by atoms with Gasteiger partial charge >= 0.3 is 0 Å². The first-order valence-corrected chi connectivity index (χ1v) is 14.8. The molecule has 6 rings (SSSR count). The highest BCUT2D eigenvalue weighted by atomic mass is 16.2. The van der Waals surface area contributed by atoms with Gasteiger partial charge in [0.1, 0.15) is 11.6 Å². The minimum atomic E-state index is -0.304. The number of H-pyrrole nitrogens is 2. The van der Waals surface area contributed by atoms with Crippen LogP contribution in [-0.2, 0) is 9.59 Å². The lowest BCUT2D eigenvalue weighted by Gasteiger charge is -2.11. The van der Waals surface area contributed by atoms with Crippen molar-refractivity contribution in [3.05, 3.63) is 145 Å². The lowest BCUT2D eigenvalue weighted by atomic mass is 10.1. The van der Waals surface area contributed by atoms with Crippen LogP contribution in [0.1, 0.15) is 48.7 Å². The number of imidazole rings is 2. The molecule has 6 aromatic rings. The molecule has 10 heteroatoms. The number of rotatable bonds is 11. The fourth-order valence-corrected chi connectivity index (χ4v) is 4.86. The van der Waals surface area contributed by atoms with E-state index in [2.05, 4.69) is 40.5 Å². The summed E-state index contributed by atoms with van der Waals surface area (Å²) < 4.78 is 0. The molecule has 228 valence electrons. The van der Waals surface area contributed by atoms with Gasteiger partial charge < -0.3 is 20.6 Å². The summed E-state index contributed by atoms with van der Waals surface area (Å²) >= 11 is 0. The number of hydrogen-bond acceptors (Lipinski definition) is 6. The van der Waals surface area contributed by atoms with Gasteiger partial charge in [0.05, 0.1) is 60.1 Å². The zero-order valence-electron chi connectivity index (χ0n) is 25.3. The molecule has 1 unspecified atom stereocenters. The van der Waals surface area contributed by atoms with Crippen molar-refractivity contribution in [1.82, 2.24) is 40.5 Å². The summed E-state index contributed by atoms with van der Waals surface area (Å²) in [5, 5.41) is 5.88. The van der Waals surface area contributed by atoms with E-state index in [1.807, 2.05) is 98.8 Å². The van der Waals surface area contributed by atoms with Crippen molar-refractivity contribution in [2.45, 2.75) is 25.9 Å². The Morgan fingerprint density at radius 1 is 0.565 bits per heavy atom. The van der Waals surface area contributed by atoms with Gasteiger partial charge in [0.15, 0.2) is 0 Å². The fraction of sp³-hybridized carbons (Fsp3) is 0.111. The van der Waals surface area contributed by atoms with E-state index in [-0.39, 0.29) is 23.9 Å². The Hall–Kier alpha value is -5.90. The number of aromatic amines is 2. The number of hydrogen-bond donors (Lipinski definition) is 4. The van der Waals surface area contributed by atoms with E-state index >= 15 is 0 Å². The van der Waals surface area contributed by atoms with Gasteiger partial charge in [-0.25, -0.2) is 9.97 Å². The van der Waals surface area contributed by atoms with Gasteiger partial charge in [-0.1, -0.05) is 60.7 Å². The second-order valence-corrected chi connectivity index (χ2v) is 10.8. The molecular weight excluding hydrogens is 576 g/mol. The molecule has 0 bridgehead atoms. The lowest BCUT2D eigenvalue weighted by Crippen LogP contribution is -2.27. The molecule has 0 aliphatic rings. The number of benzene rings is 2. The minimum absolute atomic E-state index is 0.189. The van der Waals surface area contributed by atoms with Crippen LogP contribution in [0.5, 0.6) is 0 Å². The molecule has 0 spiro atoms. The third-order valence-electron chi connectivity index (χ3n) is 7.33. The van der Waals surface area contributed by atoms with Crippen LogP contribution in [0.4, 0.5) is 0 Å². The van der Waals surface area contributed by atoms with Crippen LogP contribution in [-0.4, -0.2) is 41.7 Å².